The van der Waals surface area contributed by atoms with Gasteiger partial charge >= 0.3 is 0 Å². The van der Waals surface area contributed by atoms with Crippen molar-refractivity contribution in [3.8, 4) is 5.75 Å². The first-order valence-electron chi connectivity index (χ1n) is 10.1. The van der Waals surface area contributed by atoms with Crippen molar-refractivity contribution in [2.75, 3.05) is 25.5 Å². The molecule has 8 heteroatoms. The van der Waals surface area contributed by atoms with Gasteiger partial charge in [-0.15, -0.1) is 12.4 Å². The Morgan fingerprint density at radius 1 is 1.16 bits per heavy atom. The summed E-state index contributed by atoms with van der Waals surface area (Å²) in [4.78, 5) is 24.2. The number of hydrogen-bond donors (Lipinski definition) is 2. The molecule has 0 saturated carbocycles. The van der Waals surface area contributed by atoms with Crippen LogP contribution in [0.25, 0.3) is 0 Å². The summed E-state index contributed by atoms with van der Waals surface area (Å²) >= 11 is 6.24. The molecule has 3 rings (SSSR count). The average Bonchev–Trinajstić information content (AvgIpc) is 2.75. The second-order valence-corrected chi connectivity index (χ2v) is 8.09. The fourth-order valence-corrected chi connectivity index (χ4v) is 4.14. The molecule has 1 unspecified atom stereocenters. The molecule has 0 aliphatic carbocycles. The molecular formula is C23H29Cl2N3O3. The van der Waals surface area contributed by atoms with Crippen LogP contribution in [-0.2, 0) is 4.79 Å². The van der Waals surface area contributed by atoms with Gasteiger partial charge in [-0.1, -0.05) is 48.9 Å². The van der Waals surface area contributed by atoms with E-state index in [1.807, 2.05) is 11.1 Å². The lowest BCUT2D eigenvalue weighted by Gasteiger charge is -2.35. The van der Waals surface area contributed by atoms with E-state index in [4.69, 9.17) is 16.3 Å². The van der Waals surface area contributed by atoms with E-state index >= 15 is 0 Å². The van der Waals surface area contributed by atoms with Crippen LogP contribution < -0.4 is 15.5 Å². The van der Waals surface area contributed by atoms with Crippen molar-refractivity contribution in [3.63, 3.8) is 0 Å². The summed E-state index contributed by atoms with van der Waals surface area (Å²) in [6.45, 7) is 5.24. The monoisotopic (exact) mass is 465 g/mol. The molecular weight excluding hydrogens is 437 g/mol. The fourth-order valence-electron chi connectivity index (χ4n) is 3.93. The van der Waals surface area contributed by atoms with Gasteiger partial charge < -0.3 is 10.1 Å². The van der Waals surface area contributed by atoms with E-state index in [0.717, 1.165) is 25.9 Å². The number of ether oxygens (including phenoxy) is 1. The maximum Gasteiger partial charge on any atom is 0.269 e. The second kappa shape index (κ2) is 11.4. The number of rotatable bonds is 6. The van der Waals surface area contributed by atoms with Crippen LogP contribution in [-0.4, -0.2) is 37.0 Å². The normalized spacial score (nSPS) is 15.5. The average molecular weight is 466 g/mol. The first-order valence-corrected chi connectivity index (χ1v) is 10.5. The zero-order chi connectivity index (χ0) is 21.7. The molecule has 1 atom stereocenters. The number of halogens is 2. The zero-order valence-electron chi connectivity index (χ0n) is 18.0. The highest BCUT2D eigenvalue weighted by Gasteiger charge is 2.26. The number of nitrogens with one attached hydrogen (secondary N) is 2. The fraction of sp³-hybridized carbons (Fsp3) is 0.391. The highest BCUT2D eigenvalue weighted by molar-refractivity contribution is 6.34. The van der Waals surface area contributed by atoms with Gasteiger partial charge in [0.2, 0.25) is 5.91 Å². The number of piperidine rings is 1. The SMILES string of the molecule is COc1cc(NC(C)=O)c(Cl)cc1C(=O)NN1CCC(C(C)c2ccccc2)CC1.Cl. The predicted molar refractivity (Wildman–Crippen MR) is 126 cm³/mol. The van der Waals surface area contributed by atoms with E-state index in [9.17, 15) is 9.59 Å². The summed E-state index contributed by atoms with van der Waals surface area (Å²) < 4.78 is 5.34. The lowest BCUT2D eigenvalue weighted by molar-refractivity contribution is -0.114. The van der Waals surface area contributed by atoms with E-state index in [0.29, 0.717) is 28.8 Å². The van der Waals surface area contributed by atoms with Crippen molar-refractivity contribution in [1.29, 1.82) is 0 Å². The Labute approximate surface area is 194 Å². The van der Waals surface area contributed by atoms with Gasteiger partial charge in [-0.05, 0) is 36.3 Å². The van der Waals surface area contributed by atoms with Crippen molar-refractivity contribution < 1.29 is 14.3 Å². The third kappa shape index (κ3) is 6.35. The first kappa shape index (κ1) is 25.0. The van der Waals surface area contributed by atoms with Gasteiger partial charge in [0.1, 0.15) is 5.75 Å². The number of benzene rings is 2. The Morgan fingerprint density at radius 3 is 2.39 bits per heavy atom. The van der Waals surface area contributed by atoms with E-state index in [1.54, 1.807) is 6.07 Å². The number of carbonyl (C=O) groups is 2. The largest absolute Gasteiger partial charge is 0.496 e. The molecule has 0 spiro atoms. The lowest BCUT2D eigenvalue weighted by atomic mass is 9.81. The van der Waals surface area contributed by atoms with Gasteiger partial charge in [-0.25, -0.2) is 5.01 Å². The van der Waals surface area contributed by atoms with Crippen LogP contribution in [0.2, 0.25) is 5.02 Å². The van der Waals surface area contributed by atoms with Crippen molar-refractivity contribution in [1.82, 2.24) is 10.4 Å². The van der Waals surface area contributed by atoms with Crippen LogP contribution in [0.15, 0.2) is 42.5 Å². The van der Waals surface area contributed by atoms with Crippen LogP contribution in [0.3, 0.4) is 0 Å². The Bertz CT molecular complexity index is 900. The van der Waals surface area contributed by atoms with Crippen LogP contribution in [0.5, 0.6) is 5.75 Å². The summed E-state index contributed by atoms with van der Waals surface area (Å²) in [5, 5.41) is 4.87. The van der Waals surface area contributed by atoms with Gasteiger partial charge in [0.25, 0.3) is 5.91 Å². The molecule has 2 amide bonds. The summed E-state index contributed by atoms with van der Waals surface area (Å²) in [7, 11) is 1.48. The minimum atomic E-state index is -0.280. The summed E-state index contributed by atoms with van der Waals surface area (Å²) in [6, 6.07) is 13.6. The molecule has 6 nitrogen and oxygen atoms in total. The van der Waals surface area contributed by atoms with Crippen LogP contribution in [0.4, 0.5) is 5.69 Å². The minimum absolute atomic E-state index is 0. The van der Waals surface area contributed by atoms with Crippen molar-refractivity contribution in [3.05, 3.63) is 58.6 Å². The Morgan fingerprint density at radius 2 is 1.81 bits per heavy atom. The molecule has 1 fully saturated rings. The van der Waals surface area contributed by atoms with Gasteiger partial charge in [0.15, 0.2) is 0 Å². The molecule has 1 aliphatic heterocycles. The highest BCUT2D eigenvalue weighted by Crippen LogP contribution is 2.33. The molecule has 1 heterocycles. The molecule has 168 valence electrons. The summed E-state index contributed by atoms with van der Waals surface area (Å²) in [6.07, 6.45) is 2.02. The standard InChI is InChI=1S/C23H28ClN3O3.ClH/c1-15(17-7-5-4-6-8-17)18-9-11-27(12-10-18)26-23(29)19-13-20(24)21(25-16(2)28)14-22(19)30-3;/h4-8,13-15,18H,9-12H2,1-3H3,(H,25,28)(H,26,29);1H. The predicted octanol–water partition coefficient (Wildman–Crippen LogP) is 4.89. The maximum absolute atomic E-state index is 12.8. The van der Waals surface area contributed by atoms with Crippen molar-refractivity contribution in [2.24, 2.45) is 5.92 Å². The topological polar surface area (TPSA) is 70.7 Å². The number of hydrogen-bond acceptors (Lipinski definition) is 4. The Balaban J connectivity index is 0.00000341. The highest BCUT2D eigenvalue weighted by atomic mass is 35.5. The molecule has 1 aliphatic rings. The number of amides is 2. The number of methoxy groups -OCH3 is 1. The quantitative estimate of drug-likeness (QED) is 0.636. The molecule has 0 aromatic heterocycles. The molecule has 2 aromatic rings. The molecule has 2 N–H and O–H groups in total. The molecule has 2 aromatic carbocycles. The van der Waals surface area contributed by atoms with Gasteiger partial charge in [-0.3, -0.25) is 15.0 Å². The Hall–Kier alpha value is -2.28. The summed E-state index contributed by atoms with van der Waals surface area (Å²) in [5.41, 5.74) is 5.07. The van der Waals surface area contributed by atoms with Crippen molar-refractivity contribution >= 4 is 41.5 Å². The third-order valence-corrected chi connectivity index (χ3v) is 5.99. The van der Waals surface area contributed by atoms with Gasteiger partial charge in [0, 0.05) is 26.1 Å². The van der Waals surface area contributed by atoms with E-state index in [1.165, 1.54) is 25.7 Å². The van der Waals surface area contributed by atoms with Gasteiger partial charge in [0.05, 0.1) is 23.4 Å². The van der Waals surface area contributed by atoms with Crippen LogP contribution in [0.1, 0.15) is 48.5 Å². The minimum Gasteiger partial charge on any atom is -0.496 e. The molecule has 1 saturated heterocycles. The zero-order valence-corrected chi connectivity index (χ0v) is 19.6. The second-order valence-electron chi connectivity index (χ2n) is 7.68. The Kier molecular flexibility index (Phi) is 9.16. The number of carbonyl (C=O) groups excluding carboxylic acids is 2. The molecule has 0 radical (unpaired) electrons. The first-order chi connectivity index (χ1) is 14.4. The smallest absolute Gasteiger partial charge is 0.269 e. The summed E-state index contributed by atoms with van der Waals surface area (Å²) in [5.74, 6) is 0.903. The van der Waals surface area contributed by atoms with E-state index < -0.39 is 0 Å². The van der Waals surface area contributed by atoms with E-state index in [-0.39, 0.29) is 29.2 Å². The van der Waals surface area contributed by atoms with Crippen molar-refractivity contribution in [2.45, 2.75) is 32.6 Å². The van der Waals surface area contributed by atoms with Gasteiger partial charge in [-0.2, -0.15) is 0 Å². The van der Waals surface area contributed by atoms with E-state index in [2.05, 4.69) is 41.9 Å². The lowest BCUT2D eigenvalue weighted by Crippen LogP contribution is -2.47. The van der Waals surface area contributed by atoms with Crippen LogP contribution in [0, 0.1) is 5.92 Å². The maximum atomic E-state index is 12.8. The van der Waals surface area contributed by atoms with Crippen LogP contribution >= 0.6 is 24.0 Å². The number of hydrazine groups is 1. The third-order valence-electron chi connectivity index (χ3n) is 5.68. The number of anilines is 1. The molecule has 31 heavy (non-hydrogen) atoms. The number of nitrogens with zero attached hydrogens (tertiary/aromatic N) is 1. The molecule has 0 bridgehead atoms.